The molecule has 0 aromatic carbocycles. The molecule has 0 saturated carbocycles. The molecule has 130 valence electrons. The Bertz CT molecular complexity index is 1030. The molecule has 0 spiro atoms. The third-order valence-corrected chi connectivity index (χ3v) is 5.74. The Morgan fingerprint density at radius 2 is 2.12 bits per heavy atom. The van der Waals surface area contributed by atoms with Crippen molar-refractivity contribution >= 4 is 49.8 Å². The van der Waals surface area contributed by atoms with Gasteiger partial charge in [-0.3, -0.25) is 14.2 Å². The number of methoxy groups -OCH3 is 1. The van der Waals surface area contributed by atoms with Crippen LogP contribution < -0.4 is 10.9 Å². The van der Waals surface area contributed by atoms with Crippen molar-refractivity contribution in [2.24, 2.45) is 0 Å². The van der Waals surface area contributed by atoms with Gasteiger partial charge < -0.3 is 10.1 Å². The van der Waals surface area contributed by atoms with Crippen LogP contribution in [0.3, 0.4) is 0 Å². The minimum atomic E-state index is -0.504. The number of nitrogens with zero attached hydrogens (tertiary/aromatic N) is 2. The highest BCUT2D eigenvalue weighted by atomic mass is 32.1. The van der Waals surface area contributed by atoms with Gasteiger partial charge in [0, 0.05) is 4.88 Å². The standard InChI is InChI=1S/C16H15N3O4S2/c1-8-9(2)25-14(12(8)16(22)23-3)18-11(20)6-19-7-17-13-10(15(19)21)4-5-24-13/h4-5,7H,6H2,1-3H3,(H,18,20). The number of rotatable bonds is 4. The third kappa shape index (κ3) is 3.20. The Balaban J connectivity index is 1.85. The Hall–Kier alpha value is -2.52. The van der Waals surface area contributed by atoms with E-state index in [1.807, 2.05) is 6.92 Å². The number of thiophene rings is 2. The highest BCUT2D eigenvalue weighted by Gasteiger charge is 2.21. The topological polar surface area (TPSA) is 90.3 Å². The summed E-state index contributed by atoms with van der Waals surface area (Å²) in [4.78, 5) is 42.4. The van der Waals surface area contributed by atoms with E-state index in [2.05, 4.69) is 10.3 Å². The Labute approximate surface area is 150 Å². The minimum Gasteiger partial charge on any atom is -0.465 e. The smallest absolute Gasteiger partial charge is 0.341 e. The number of hydrogen-bond acceptors (Lipinski definition) is 7. The van der Waals surface area contributed by atoms with E-state index in [1.165, 1.54) is 40.7 Å². The van der Waals surface area contributed by atoms with Gasteiger partial charge in [-0.25, -0.2) is 9.78 Å². The fourth-order valence-electron chi connectivity index (χ4n) is 2.39. The molecule has 0 atom stereocenters. The molecule has 3 aromatic rings. The molecule has 0 unspecified atom stereocenters. The van der Waals surface area contributed by atoms with E-state index in [4.69, 9.17) is 4.74 Å². The van der Waals surface area contributed by atoms with Crippen LogP contribution in [0.15, 0.2) is 22.6 Å². The number of hydrogen-bond donors (Lipinski definition) is 1. The van der Waals surface area contributed by atoms with E-state index in [1.54, 1.807) is 18.4 Å². The van der Waals surface area contributed by atoms with Crippen LogP contribution in [-0.2, 0) is 16.1 Å². The van der Waals surface area contributed by atoms with Gasteiger partial charge in [-0.2, -0.15) is 0 Å². The van der Waals surface area contributed by atoms with Crippen molar-refractivity contribution in [1.82, 2.24) is 9.55 Å². The summed E-state index contributed by atoms with van der Waals surface area (Å²) in [5.74, 6) is -0.916. The quantitative estimate of drug-likeness (QED) is 0.706. The van der Waals surface area contributed by atoms with Crippen LogP contribution >= 0.6 is 22.7 Å². The van der Waals surface area contributed by atoms with Crippen molar-refractivity contribution in [3.8, 4) is 0 Å². The molecule has 3 aromatic heterocycles. The van der Waals surface area contributed by atoms with Gasteiger partial charge in [0.05, 0.1) is 24.4 Å². The van der Waals surface area contributed by atoms with Crippen LogP contribution in [-0.4, -0.2) is 28.5 Å². The number of nitrogens with one attached hydrogen (secondary N) is 1. The Morgan fingerprint density at radius 3 is 2.84 bits per heavy atom. The molecule has 3 rings (SSSR count). The average Bonchev–Trinajstić information content (AvgIpc) is 3.15. The monoisotopic (exact) mass is 377 g/mol. The second-order valence-electron chi connectivity index (χ2n) is 5.34. The minimum absolute atomic E-state index is 0.186. The Kier molecular flexibility index (Phi) is 4.69. The molecule has 9 heteroatoms. The van der Waals surface area contributed by atoms with Crippen LogP contribution in [0.25, 0.3) is 10.2 Å². The second kappa shape index (κ2) is 6.77. The zero-order chi connectivity index (χ0) is 18.1. The Morgan fingerprint density at radius 1 is 1.36 bits per heavy atom. The predicted molar refractivity (Wildman–Crippen MR) is 97.6 cm³/mol. The van der Waals surface area contributed by atoms with Crippen LogP contribution in [0.1, 0.15) is 20.8 Å². The number of ether oxygens (including phenoxy) is 1. The summed E-state index contributed by atoms with van der Waals surface area (Å²) in [6, 6.07) is 1.69. The maximum Gasteiger partial charge on any atom is 0.341 e. The number of fused-ring (bicyclic) bond motifs is 1. The lowest BCUT2D eigenvalue weighted by Crippen LogP contribution is -2.27. The van der Waals surface area contributed by atoms with Gasteiger partial charge in [0.25, 0.3) is 5.56 Å². The molecule has 0 saturated heterocycles. The summed E-state index contributed by atoms with van der Waals surface area (Å²) < 4.78 is 6.03. The molecule has 0 radical (unpaired) electrons. The number of esters is 1. The van der Waals surface area contributed by atoms with E-state index in [-0.39, 0.29) is 12.1 Å². The molecule has 1 N–H and O–H groups in total. The van der Waals surface area contributed by atoms with Crippen molar-refractivity contribution in [2.75, 3.05) is 12.4 Å². The lowest BCUT2D eigenvalue weighted by molar-refractivity contribution is -0.116. The van der Waals surface area contributed by atoms with Crippen LogP contribution in [0.4, 0.5) is 5.00 Å². The highest BCUT2D eigenvalue weighted by Crippen LogP contribution is 2.32. The summed E-state index contributed by atoms with van der Waals surface area (Å²) in [6.45, 7) is 3.47. The van der Waals surface area contributed by atoms with Crippen LogP contribution in [0.5, 0.6) is 0 Å². The SMILES string of the molecule is COC(=O)c1c(NC(=O)Cn2cnc3sccc3c2=O)sc(C)c1C. The van der Waals surface area contributed by atoms with Gasteiger partial charge >= 0.3 is 5.97 Å². The summed E-state index contributed by atoms with van der Waals surface area (Å²) in [5, 5.41) is 5.39. The van der Waals surface area contributed by atoms with Gasteiger partial charge in [0.15, 0.2) is 0 Å². The van der Waals surface area contributed by atoms with E-state index < -0.39 is 11.9 Å². The van der Waals surface area contributed by atoms with Gasteiger partial charge in [0.1, 0.15) is 16.4 Å². The van der Waals surface area contributed by atoms with E-state index in [9.17, 15) is 14.4 Å². The van der Waals surface area contributed by atoms with Crippen LogP contribution in [0.2, 0.25) is 0 Å². The maximum atomic E-state index is 12.4. The molecule has 25 heavy (non-hydrogen) atoms. The molecule has 0 aliphatic rings. The zero-order valence-electron chi connectivity index (χ0n) is 13.8. The molecule has 3 heterocycles. The van der Waals surface area contributed by atoms with Gasteiger partial charge in [-0.1, -0.05) is 0 Å². The number of aryl methyl sites for hydroxylation is 1. The van der Waals surface area contributed by atoms with E-state index >= 15 is 0 Å². The molecule has 1 amide bonds. The first kappa shape index (κ1) is 17.3. The number of anilines is 1. The number of carbonyl (C=O) groups excluding carboxylic acids is 2. The van der Waals surface area contributed by atoms with Crippen molar-refractivity contribution in [2.45, 2.75) is 20.4 Å². The van der Waals surface area contributed by atoms with Gasteiger partial charge in [-0.05, 0) is 30.9 Å². The highest BCUT2D eigenvalue weighted by molar-refractivity contribution is 7.17. The normalized spacial score (nSPS) is 10.8. The van der Waals surface area contributed by atoms with Crippen LogP contribution in [0, 0.1) is 13.8 Å². The predicted octanol–water partition coefficient (Wildman–Crippen LogP) is 2.56. The lowest BCUT2D eigenvalue weighted by atomic mass is 10.1. The van der Waals surface area contributed by atoms with Crippen molar-refractivity contribution in [1.29, 1.82) is 0 Å². The first-order valence-corrected chi connectivity index (χ1v) is 9.02. The summed E-state index contributed by atoms with van der Waals surface area (Å²) >= 11 is 2.67. The molecule has 0 aliphatic carbocycles. The zero-order valence-corrected chi connectivity index (χ0v) is 15.4. The molecule has 7 nitrogen and oxygen atoms in total. The summed E-state index contributed by atoms with van der Waals surface area (Å²) in [7, 11) is 1.29. The van der Waals surface area contributed by atoms with Gasteiger partial charge in [-0.15, -0.1) is 22.7 Å². The van der Waals surface area contributed by atoms with Crippen molar-refractivity contribution in [3.05, 3.63) is 44.1 Å². The van der Waals surface area contributed by atoms with Crippen molar-refractivity contribution < 1.29 is 14.3 Å². The fraction of sp³-hybridized carbons (Fsp3) is 0.250. The molecule has 0 aliphatic heterocycles. The third-order valence-electron chi connectivity index (χ3n) is 3.79. The molecular weight excluding hydrogens is 362 g/mol. The summed E-state index contributed by atoms with van der Waals surface area (Å²) in [6.07, 6.45) is 1.35. The van der Waals surface area contributed by atoms with Crippen molar-refractivity contribution in [3.63, 3.8) is 0 Å². The number of aromatic nitrogens is 2. The van der Waals surface area contributed by atoms with E-state index in [0.717, 1.165) is 10.4 Å². The first-order valence-electron chi connectivity index (χ1n) is 7.33. The molecular formula is C16H15N3O4S2. The first-order chi connectivity index (χ1) is 11.9. The van der Waals surface area contributed by atoms with Gasteiger partial charge in [0.2, 0.25) is 5.91 Å². The van der Waals surface area contributed by atoms with E-state index in [0.29, 0.717) is 20.8 Å². The number of amides is 1. The largest absolute Gasteiger partial charge is 0.465 e. The molecule has 0 fully saturated rings. The second-order valence-corrected chi connectivity index (χ2v) is 7.46. The molecule has 0 bridgehead atoms. The number of carbonyl (C=O) groups is 2. The lowest BCUT2D eigenvalue weighted by Gasteiger charge is -2.07. The summed E-state index contributed by atoms with van der Waals surface area (Å²) in [5.41, 5.74) is 0.843. The maximum absolute atomic E-state index is 12.4. The fourth-order valence-corrected chi connectivity index (χ4v) is 4.18. The average molecular weight is 377 g/mol.